The average Bonchev–Trinajstić information content (AvgIpc) is 2.84. The van der Waals surface area contributed by atoms with E-state index in [1.54, 1.807) is 0 Å². The standard InChI is InChI=1S/C13H12BrNO4S2/c1-15(7-9-6-12(14)20-8-9)21(18,19)11-4-2-10(3-5-11)13(16)17/h2-6,8H,7H2,1H3,(H,16,17). The first-order valence-corrected chi connectivity index (χ1v) is 8.94. The van der Waals surface area contributed by atoms with Gasteiger partial charge in [0.2, 0.25) is 10.0 Å². The van der Waals surface area contributed by atoms with Crippen molar-refractivity contribution in [2.75, 3.05) is 7.05 Å². The number of carboxylic acid groups (broad SMARTS) is 1. The molecule has 0 aliphatic rings. The molecule has 0 amide bonds. The summed E-state index contributed by atoms with van der Waals surface area (Å²) in [5.74, 6) is -1.09. The molecule has 5 nitrogen and oxygen atoms in total. The molecule has 1 aromatic carbocycles. The highest BCUT2D eigenvalue weighted by molar-refractivity contribution is 9.11. The largest absolute Gasteiger partial charge is 0.478 e. The Morgan fingerprint density at radius 3 is 2.43 bits per heavy atom. The third-order valence-electron chi connectivity index (χ3n) is 2.84. The first-order valence-electron chi connectivity index (χ1n) is 5.83. The molecule has 0 aliphatic heterocycles. The smallest absolute Gasteiger partial charge is 0.335 e. The number of halogens is 1. The molecule has 0 radical (unpaired) electrons. The predicted octanol–water partition coefficient (Wildman–Crippen LogP) is 3.03. The zero-order chi connectivity index (χ0) is 15.6. The average molecular weight is 390 g/mol. The van der Waals surface area contributed by atoms with Crippen LogP contribution in [-0.2, 0) is 16.6 Å². The molecule has 0 spiro atoms. The summed E-state index contributed by atoms with van der Waals surface area (Å²) in [5, 5.41) is 10.7. The summed E-state index contributed by atoms with van der Waals surface area (Å²) in [6, 6.07) is 7.04. The van der Waals surface area contributed by atoms with Gasteiger partial charge in [-0.05, 0) is 57.2 Å². The van der Waals surface area contributed by atoms with Crippen molar-refractivity contribution >= 4 is 43.3 Å². The first kappa shape index (κ1) is 16.2. The molecule has 0 atom stereocenters. The fourth-order valence-electron chi connectivity index (χ4n) is 1.72. The number of carbonyl (C=O) groups is 1. The highest BCUT2D eigenvalue weighted by atomic mass is 79.9. The number of thiophene rings is 1. The van der Waals surface area contributed by atoms with E-state index in [1.807, 2.05) is 11.4 Å². The van der Waals surface area contributed by atoms with Gasteiger partial charge in [0, 0.05) is 13.6 Å². The molecule has 0 bridgehead atoms. The summed E-state index contributed by atoms with van der Waals surface area (Å²) in [7, 11) is -2.15. The van der Waals surface area contributed by atoms with Crippen molar-refractivity contribution in [3.05, 3.63) is 50.6 Å². The van der Waals surface area contributed by atoms with Crippen LogP contribution in [0.3, 0.4) is 0 Å². The lowest BCUT2D eigenvalue weighted by Gasteiger charge is -2.16. The van der Waals surface area contributed by atoms with Gasteiger partial charge in [-0.2, -0.15) is 4.31 Å². The van der Waals surface area contributed by atoms with Crippen LogP contribution in [0.5, 0.6) is 0 Å². The molecule has 0 saturated carbocycles. The van der Waals surface area contributed by atoms with Crippen molar-refractivity contribution in [1.29, 1.82) is 0 Å². The van der Waals surface area contributed by atoms with Crippen LogP contribution in [0, 0.1) is 0 Å². The van der Waals surface area contributed by atoms with Gasteiger partial charge in [-0.3, -0.25) is 0 Å². The lowest BCUT2D eigenvalue weighted by atomic mass is 10.2. The number of hydrogen-bond donors (Lipinski definition) is 1. The van der Waals surface area contributed by atoms with Crippen molar-refractivity contribution in [3.63, 3.8) is 0 Å². The van der Waals surface area contributed by atoms with Crippen molar-refractivity contribution in [1.82, 2.24) is 4.31 Å². The minimum absolute atomic E-state index is 0.0540. The number of hydrogen-bond acceptors (Lipinski definition) is 4. The van der Waals surface area contributed by atoms with Crippen molar-refractivity contribution in [2.45, 2.75) is 11.4 Å². The van der Waals surface area contributed by atoms with Crippen LogP contribution < -0.4 is 0 Å². The second kappa shape index (κ2) is 6.27. The quantitative estimate of drug-likeness (QED) is 0.852. The van der Waals surface area contributed by atoms with Crippen LogP contribution in [0.2, 0.25) is 0 Å². The van der Waals surface area contributed by atoms with E-state index in [4.69, 9.17) is 5.11 Å². The molecule has 0 aliphatic carbocycles. The van der Waals surface area contributed by atoms with Gasteiger partial charge >= 0.3 is 5.97 Å². The number of aromatic carboxylic acids is 1. The van der Waals surface area contributed by atoms with Crippen LogP contribution in [0.4, 0.5) is 0 Å². The molecule has 0 unspecified atom stereocenters. The lowest BCUT2D eigenvalue weighted by molar-refractivity contribution is 0.0696. The Kier molecular flexibility index (Phi) is 4.82. The van der Waals surface area contributed by atoms with Crippen molar-refractivity contribution in [3.8, 4) is 0 Å². The van der Waals surface area contributed by atoms with E-state index in [0.29, 0.717) is 0 Å². The molecule has 0 fully saturated rings. The molecular formula is C13H12BrNO4S2. The van der Waals surface area contributed by atoms with E-state index in [2.05, 4.69) is 15.9 Å². The zero-order valence-corrected chi connectivity index (χ0v) is 14.2. The summed E-state index contributed by atoms with van der Waals surface area (Å²) >= 11 is 4.82. The number of rotatable bonds is 5. The van der Waals surface area contributed by atoms with Gasteiger partial charge in [0.25, 0.3) is 0 Å². The predicted molar refractivity (Wildman–Crippen MR) is 84.1 cm³/mol. The van der Waals surface area contributed by atoms with Crippen LogP contribution >= 0.6 is 27.3 Å². The Labute approximate surface area is 135 Å². The summed E-state index contributed by atoms with van der Waals surface area (Å²) in [6.07, 6.45) is 0. The van der Waals surface area contributed by atoms with E-state index in [9.17, 15) is 13.2 Å². The summed E-state index contributed by atoms with van der Waals surface area (Å²) < 4.78 is 27.0. The normalized spacial score (nSPS) is 11.8. The van der Waals surface area contributed by atoms with Crippen LogP contribution in [0.15, 0.2) is 44.4 Å². The second-order valence-corrected chi connectivity index (χ2v) is 8.69. The van der Waals surface area contributed by atoms with Crippen LogP contribution in [-0.4, -0.2) is 30.8 Å². The molecule has 112 valence electrons. The lowest BCUT2D eigenvalue weighted by Crippen LogP contribution is -2.26. The maximum Gasteiger partial charge on any atom is 0.335 e. The SMILES string of the molecule is CN(Cc1csc(Br)c1)S(=O)(=O)c1ccc(C(=O)O)cc1. The van der Waals surface area contributed by atoms with Crippen molar-refractivity contribution < 1.29 is 18.3 Å². The molecule has 8 heteroatoms. The molecule has 1 aromatic heterocycles. The Balaban J connectivity index is 2.22. The minimum atomic E-state index is -3.64. The minimum Gasteiger partial charge on any atom is -0.478 e. The fraction of sp³-hybridized carbons (Fsp3) is 0.154. The van der Waals surface area contributed by atoms with E-state index in [-0.39, 0.29) is 17.0 Å². The maximum atomic E-state index is 12.4. The first-order chi connectivity index (χ1) is 9.80. The Hall–Kier alpha value is -1.22. The summed E-state index contributed by atoms with van der Waals surface area (Å²) in [5.41, 5.74) is 0.943. The summed E-state index contributed by atoms with van der Waals surface area (Å²) in [6.45, 7) is 0.255. The molecule has 2 rings (SSSR count). The Morgan fingerprint density at radius 1 is 1.33 bits per heavy atom. The third-order valence-corrected chi connectivity index (χ3v) is 6.21. The highest BCUT2D eigenvalue weighted by Gasteiger charge is 2.21. The highest BCUT2D eigenvalue weighted by Crippen LogP contribution is 2.23. The number of sulfonamides is 1. The topological polar surface area (TPSA) is 74.7 Å². The van der Waals surface area contributed by atoms with Gasteiger partial charge in [0.15, 0.2) is 0 Å². The summed E-state index contributed by atoms with van der Waals surface area (Å²) in [4.78, 5) is 10.8. The van der Waals surface area contributed by atoms with Crippen molar-refractivity contribution in [2.24, 2.45) is 0 Å². The van der Waals surface area contributed by atoms with Gasteiger partial charge < -0.3 is 5.11 Å². The number of carboxylic acids is 1. The molecular weight excluding hydrogens is 378 g/mol. The van der Waals surface area contributed by atoms with Gasteiger partial charge in [-0.25, -0.2) is 13.2 Å². The van der Waals surface area contributed by atoms with E-state index >= 15 is 0 Å². The molecule has 21 heavy (non-hydrogen) atoms. The maximum absolute atomic E-state index is 12.4. The second-order valence-electron chi connectivity index (χ2n) is 4.35. The van der Waals surface area contributed by atoms with Gasteiger partial charge in [0.05, 0.1) is 14.2 Å². The molecule has 0 saturated heterocycles. The van der Waals surface area contributed by atoms with Crippen LogP contribution in [0.1, 0.15) is 15.9 Å². The van der Waals surface area contributed by atoms with E-state index in [1.165, 1.54) is 47.0 Å². The Morgan fingerprint density at radius 2 is 1.95 bits per heavy atom. The van der Waals surface area contributed by atoms with Gasteiger partial charge in [-0.1, -0.05) is 0 Å². The van der Waals surface area contributed by atoms with Gasteiger partial charge in [-0.15, -0.1) is 11.3 Å². The Bertz CT molecular complexity index is 753. The molecule has 1 heterocycles. The number of benzene rings is 1. The monoisotopic (exact) mass is 389 g/mol. The fourth-order valence-corrected chi connectivity index (χ4v) is 4.08. The number of nitrogens with zero attached hydrogens (tertiary/aromatic N) is 1. The zero-order valence-electron chi connectivity index (χ0n) is 11.0. The molecule has 2 aromatic rings. The van der Waals surface area contributed by atoms with E-state index in [0.717, 1.165) is 9.35 Å². The van der Waals surface area contributed by atoms with Gasteiger partial charge in [0.1, 0.15) is 0 Å². The molecule has 1 N–H and O–H groups in total. The van der Waals surface area contributed by atoms with Crippen LogP contribution in [0.25, 0.3) is 0 Å². The third kappa shape index (κ3) is 3.70. The van der Waals surface area contributed by atoms with E-state index < -0.39 is 16.0 Å².